The molecule has 2 fully saturated rings. The average Bonchev–Trinajstić information content (AvgIpc) is 3.53. The fourth-order valence-corrected chi connectivity index (χ4v) is 8.99. The van der Waals surface area contributed by atoms with E-state index in [9.17, 15) is 54.8 Å². The van der Waals surface area contributed by atoms with Gasteiger partial charge in [0, 0.05) is 24.6 Å². The molecule has 7 N–H and O–H groups in total. The molecule has 2 amide bonds. The minimum atomic E-state index is -1.84. The summed E-state index contributed by atoms with van der Waals surface area (Å²) in [6.45, 7) is 4.38. The predicted molar refractivity (Wildman–Crippen MR) is 213 cm³/mol. The Morgan fingerprint density at radius 1 is 1.02 bits per heavy atom. The molecule has 0 aliphatic carbocycles. The van der Waals surface area contributed by atoms with Crippen LogP contribution in [-0.2, 0) is 20.7 Å². The first-order valence-electron chi connectivity index (χ1n) is 18.1. The molecular weight excluding hydrogens is 831 g/mol. The number of nitro groups is 1. The number of carbonyl (C=O) groups is 4. The molecule has 2 saturated heterocycles. The standard InChI is InChI=1S/C37H47Cl3N4O12S/c1-5-6-17-13-24(43(3)15-17)33(48)42-27(16(2)38)31-30(47)29(46)26(37(56-31)57-4)25-21(36(52)53)12-11-20(35(50)51)22(25)14-23(41-34(49)32(39)40)28(45)18-7-9-19(10-8-18)44(54)55/h7-12,16-17,23-24,26-32,37,45-47H,5-6,13-15H2,1-4H3,(H,41,49)(H,42,48)(H,50,51)(H,52,53)/t16?,17?,23?,24?,26-,27-,28?,29+,30-,31-,37-/m1/s1. The molecule has 11 atom stereocenters. The normalized spacial score (nSPS) is 26.0. The Kier molecular flexibility index (Phi) is 16.4. The van der Waals surface area contributed by atoms with E-state index < -0.39 is 104 Å². The minimum absolute atomic E-state index is 0.0497. The zero-order valence-electron chi connectivity index (χ0n) is 31.5. The van der Waals surface area contributed by atoms with Crippen LogP contribution in [0.2, 0.25) is 0 Å². The van der Waals surface area contributed by atoms with Gasteiger partial charge in [-0.25, -0.2) is 9.59 Å². The number of hydrogen-bond donors (Lipinski definition) is 7. The highest BCUT2D eigenvalue weighted by Gasteiger charge is 2.51. The largest absolute Gasteiger partial charge is 0.478 e. The Morgan fingerprint density at radius 3 is 2.16 bits per heavy atom. The number of aromatic carboxylic acids is 2. The monoisotopic (exact) mass is 876 g/mol. The number of amides is 2. The lowest BCUT2D eigenvalue weighted by molar-refractivity contribution is -0.384. The van der Waals surface area contributed by atoms with E-state index in [-0.39, 0.29) is 28.3 Å². The molecule has 5 unspecified atom stereocenters. The van der Waals surface area contributed by atoms with Crippen molar-refractivity contribution in [1.82, 2.24) is 15.5 Å². The van der Waals surface area contributed by atoms with Gasteiger partial charge in [0.05, 0.1) is 51.8 Å². The van der Waals surface area contributed by atoms with Crippen molar-refractivity contribution in [2.24, 2.45) is 5.92 Å². The number of ether oxygens (including phenoxy) is 1. The number of aliphatic hydroxyl groups excluding tert-OH is 3. The number of aliphatic hydroxyl groups is 3. The molecule has 0 saturated carbocycles. The van der Waals surface area contributed by atoms with Crippen LogP contribution in [0.15, 0.2) is 36.4 Å². The number of carboxylic acid groups (broad SMARTS) is 2. The van der Waals surface area contributed by atoms with E-state index in [2.05, 4.69) is 17.6 Å². The number of rotatable bonds is 17. The molecule has 2 aromatic rings. The van der Waals surface area contributed by atoms with Gasteiger partial charge in [0.1, 0.15) is 17.6 Å². The second kappa shape index (κ2) is 20.1. The number of alkyl halides is 3. The van der Waals surface area contributed by atoms with Gasteiger partial charge in [0.2, 0.25) is 5.91 Å². The average molecular weight is 878 g/mol. The fourth-order valence-electron chi connectivity index (χ4n) is 7.83. The second-order valence-electron chi connectivity index (χ2n) is 14.3. The van der Waals surface area contributed by atoms with Crippen molar-refractivity contribution in [2.75, 3.05) is 19.8 Å². The van der Waals surface area contributed by atoms with Gasteiger partial charge in [-0.3, -0.25) is 24.6 Å². The highest BCUT2D eigenvalue weighted by molar-refractivity contribution is 7.99. The van der Waals surface area contributed by atoms with Gasteiger partial charge in [0.15, 0.2) is 4.84 Å². The van der Waals surface area contributed by atoms with Gasteiger partial charge in [-0.05, 0) is 86.4 Å². The Bertz CT molecular complexity index is 1790. The maximum atomic E-state index is 13.6. The van der Waals surface area contributed by atoms with Crippen LogP contribution in [0.1, 0.15) is 82.5 Å². The number of likely N-dealkylation sites (N-methyl/N-ethyl adjacent to an activating group) is 1. The number of benzene rings is 2. The van der Waals surface area contributed by atoms with Crippen LogP contribution in [0.5, 0.6) is 0 Å². The van der Waals surface area contributed by atoms with E-state index >= 15 is 0 Å². The van der Waals surface area contributed by atoms with Gasteiger partial charge in [-0.2, -0.15) is 0 Å². The molecule has 314 valence electrons. The van der Waals surface area contributed by atoms with E-state index in [1.54, 1.807) is 13.2 Å². The fraction of sp³-hybridized carbons (Fsp3) is 0.568. The summed E-state index contributed by atoms with van der Waals surface area (Å²) >= 11 is 19.3. The number of nitrogens with one attached hydrogen (secondary N) is 2. The first kappa shape index (κ1) is 46.4. The van der Waals surface area contributed by atoms with E-state index in [4.69, 9.17) is 39.5 Å². The zero-order valence-corrected chi connectivity index (χ0v) is 34.5. The summed E-state index contributed by atoms with van der Waals surface area (Å²) in [5.41, 5.74) is -2.92. The third-order valence-corrected chi connectivity index (χ3v) is 12.1. The highest BCUT2D eigenvalue weighted by atomic mass is 35.5. The number of halogens is 3. The molecule has 2 aromatic carbocycles. The molecule has 57 heavy (non-hydrogen) atoms. The predicted octanol–water partition coefficient (Wildman–Crippen LogP) is 3.68. The quantitative estimate of drug-likeness (QED) is 0.0681. The SMILES string of the molecule is CCCC1CC(C(=O)N[C@H](C(C)Cl)[C@H]2O[C@H](SC)[C@H](c3c(C(=O)O)ccc(C(=O)O)c3CC(NC(=O)C(Cl)Cl)C(O)c3ccc([N+](=O)[O-])cc3)[C@H](O)[C@H]2O)N(C)C1. The van der Waals surface area contributed by atoms with E-state index in [0.717, 1.165) is 55.4 Å². The Labute approximate surface area is 348 Å². The lowest BCUT2D eigenvalue weighted by Crippen LogP contribution is -2.63. The van der Waals surface area contributed by atoms with Crippen LogP contribution in [0, 0.1) is 16.0 Å². The number of non-ortho nitro benzene ring substituents is 1. The van der Waals surface area contributed by atoms with Crippen molar-refractivity contribution >= 4 is 76.0 Å². The zero-order chi connectivity index (χ0) is 42.5. The summed E-state index contributed by atoms with van der Waals surface area (Å²) < 4.78 is 6.39. The van der Waals surface area contributed by atoms with Crippen molar-refractivity contribution in [3.63, 3.8) is 0 Å². The van der Waals surface area contributed by atoms with Crippen molar-refractivity contribution in [1.29, 1.82) is 0 Å². The second-order valence-corrected chi connectivity index (χ2v) is 17.1. The molecule has 0 radical (unpaired) electrons. The van der Waals surface area contributed by atoms with Crippen LogP contribution in [-0.4, -0.2) is 131 Å². The van der Waals surface area contributed by atoms with Crippen LogP contribution < -0.4 is 10.6 Å². The lowest BCUT2D eigenvalue weighted by atomic mass is 9.77. The van der Waals surface area contributed by atoms with Crippen molar-refractivity contribution < 1.29 is 54.4 Å². The molecule has 2 aliphatic heterocycles. The first-order chi connectivity index (χ1) is 26.8. The van der Waals surface area contributed by atoms with E-state index in [0.29, 0.717) is 12.3 Å². The number of nitro benzene ring substituents is 1. The topological polar surface area (TPSA) is 249 Å². The van der Waals surface area contributed by atoms with E-state index in [1.165, 1.54) is 12.1 Å². The van der Waals surface area contributed by atoms with Crippen molar-refractivity contribution in [3.8, 4) is 0 Å². The molecule has 16 nitrogen and oxygen atoms in total. The summed E-state index contributed by atoms with van der Waals surface area (Å²) in [4.78, 5) is 63.0. The number of carbonyl (C=O) groups excluding carboxylic acids is 2. The molecule has 0 spiro atoms. The van der Waals surface area contributed by atoms with E-state index in [1.807, 2.05) is 11.9 Å². The van der Waals surface area contributed by atoms with Crippen LogP contribution in [0.25, 0.3) is 0 Å². The maximum absolute atomic E-state index is 13.6. The number of likely N-dealkylation sites (tertiary alicyclic amines) is 1. The minimum Gasteiger partial charge on any atom is -0.478 e. The molecule has 0 aromatic heterocycles. The van der Waals surface area contributed by atoms with Crippen molar-refractivity contribution in [2.45, 2.75) is 104 Å². The molecule has 20 heteroatoms. The molecule has 0 bridgehead atoms. The molecule has 4 rings (SSSR count). The van der Waals surface area contributed by atoms with Crippen molar-refractivity contribution in [3.05, 3.63) is 74.3 Å². The molecular formula is C37H47Cl3N4O12S. The molecule has 2 heterocycles. The first-order valence-corrected chi connectivity index (χ1v) is 20.7. The van der Waals surface area contributed by atoms with Crippen LogP contribution in [0.4, 0.5) is 5.69 Å². The van der Waals surface area contributed by atoms with Gasteiger partial charge >= 0.3 is 11.9 Å². The maximum Gasteiger partial charge on any atom is 0.335 e. The number of thioether (sulfide) groups is 1. The number of nitrogens with zero attached hydrogens (tertiary/aromatic N) is 2. The summed E-state index contributed by atoms with van der Waals surface area (Å²) in [6.07, 6.45) is -3.17. The summed E-state index contributed by atoms with van der Waals surface area (Å²) in [7, 11) is 1.84. The summed E-state index contributed by atoms with van der Waals surface area (Å²) in [5, 5.41) is 71.9. The summed E-state index contributed by atoms with van der Waals surface area (Å²) in [6, 6.07) is 3.67. The van der Waals surface area contributed by atoms with Crippen LogP contribution in [0.3, 0.4) is 0 Å². The molecule has 2 aliphatic rings. The Balaban J connectivity index is 1.80. The van der Waals surface area contributed by atoms with Crippen LogP contribution >= 0.6 is 46.6 Å². The summed E-state index contributed by atoms with van der Waals surface area (Å²) in [5.74, 6) is -5.56. The number of carboxylic acids is 2. The Morgan fingerprint density at radius 2 is 1.63 bits per heavy atom. The number of hydrogen-bond acceptors (Lipinski definition) is 12. The highest BCUT2D eigenvalue weighted by Crippen LogP contribution is 2.44. The third kappa shape index (κ3) is 10.7. The van der Waals surface area contributed by atoms with Gasteiger partial charge in [-0.15, -0.1) is 23.4 Å². The van der Waals surface area contributed by atoms with Gasteiger partial charge < -0.3 is 40.9 Å². The Hall–Kier alpha value is -3.26. The van der Waals surface area contributed by atoms with Gasteiger partial charge in [0.25, 0.3) is 11.6 Å². The van der Waals surface area contributed by atoms with Gasteiger partial charge in [-0.1, -0.05) is 36.5 Å². The third-order valence-electron chi connectivity index (χ3n) is 10.6. The smallest absolute Gasteiger partial charge is 0.335 e. The lowest BCUT2D eigenvalue weighted by Gasteiger charge is -2.47.